The lowest BCUT2D eigenvalue weighted by Gasteiger charge is -2.06. The minimum atomic E-state index is 0.991. The van der Waals surface area contributed by atoms with Crippen LogP contribution in [0.25, 0.3) is 0 Å². The topological polar surface area (TPSA) is 27.6 Å². The van der Waals surface area contributed by atoms with Crippen molar-refractivity contribution in [1.82, 2.24) is 10.3 Å². The molecule has 0 aromatic carbocycles. The number of rotatable bonds is 3. The molecule has 0 aliphatic heterocycles. The lowest BCUT2D eigenvalue weighted by atomic mass is 10.7. The predicted molar refractivity (Wildman–Crippen MR) is 35.9 cm³/mol. The van der Waals surface area contributed by atoms with E-state index in [1.54, 1.807) is 13.4 Å². The van der Waals surface area contributed by atoms with Crippen molar-refractivity contribution in [2.45, 2.75) is 6.92 Å². The molecular formula is C5H13N3. The smallest absolute Gasteiger partial charge is 0.110 e. The molecule has 0 saturated carbocycles. The number of nitrogens with zero attached hydrogens (tertiary/aromatic N) is 2. The molecule has 0 heterocycles. The van der Waals surface area contributed by atoms with Crippen LogP contribution in [0.4, 0.5) is 0 Å². The molecular weight excluding hydrogens is 102 g/mol. The van der Waals surface area contributed by atoms with Crippen molar-refractivity contribution in [3.8, 4) is 0 Å². The lowest BCUT2D eigenvalue weighted by molar-refractivity contribution is 0.546. The average Bonchev–Trinajstić information content (AvgIpc) is 1.83. The van der Waals surface area contributed by atoms with Gasteiger partial charge in [0.05, 0.1) is 0 Å². The SMILES string of the molecule is CCN(C)/C=N\NC. The summed E-state index contributed by atoms with van der Waals surface area (Å²) >= 11 is 0. The van der Waals surface area contributed by atoms with Crippen LogP contribution in [0.5, 0.6) is 0 Å². The van der Waals surface area contributed by atoms with E-state index in [1.165, 1.54) is 0 Å². The molecule has 0 saturated heterocycles. The second-order valence-corrected chi connectivity index (χ2v) is 1.54. The highest BCUT2D eigenvalue weighted by atomic mass is 15.3. The first kappa shape index (κ1) is 7.27. The highest BCUT2D eigenvalue weighted by Crippen LogP contribution is 1.70. The van der Waals surface area contributed by atoms with Gasteiger partial charge < -0.3 is 10.3 Å². The highest BCUT2D eigenvalue weighted by Gasteiger charge is 1.79. The molecule has 0 rings (SSSR count). The first-order valence-electron chi connectivity index (χ1n) is 2.71. The van der Waals surface area contributed by atoms with Crippen molar-refractivity contribution < 1.29 is 0 Å². The van der Waals surface area contributed by atoms with E-state index in [0.29, 0.717) is 0 Å². The Balaban J connectivity index is 3.21. The third-order valence-electron chi connectivity index (χ3n) is 0.883. The van der Waals surface area contributed by atoms with E-state index in [4.69, 9.17) is 0 Å². The summed E-state index contributed by atoms with van der Waals surface area (Å²) in [5.74, 6) is 0. The molecule has 0 aliphatic carbocycles. The van der Waals surface area contributed by atoms with Gasteiger partial charge in [0, 0.05) is 20.6 Å². The number of nitrogens with one attached hydrogen (secondary N) is 1. The summed E-state index contributed by atoms with van der Waals surface area (Å²) in [5.41, 5.74) is 2.66. The zero-order chi connectivity index (χ0) is 6.41. The molecule has 0 amide bonds. The molecule has 0 fully saturated rings. The van der Waals surface area contributed by atoms with Crippen LogP contribution < -0.4 is 5.43 Å². The van der Waals surface area contributed by atoms with Crippen molar-refractivity contribution in [3.05, 3.63) is 0 Å². The molecule has 3 heteroatoms. The summed E-state index contributed by atoms with van der Waals surface area (Å²) in [6, 6.07) is 0. The molecule has 1 N–H and O–H groups in total. The van der Waals surface area contributed by atoms with Gasteiger partial charge in [0.25, 0.3) is 0 Å². The van der Waals surface area contributed by atoms with Crippen molar-refractivity contribution in [2.75, 3.05) is 20.6 Å². The van der Waals surface area contributed by atoms with E-state index >= 15 is 0 Å². The maximum absolute atomic E-state index is 3.79. The van der Waals surface area contributed by atoms with Gasteiger partial charge >= 0.3 is 0 Å². The van der Waals surface area contributed by atoms with Gasteiger partial charge in [-0.15, -0.1) is 0 Å². The van der Waals surface area contributed by atoms with Crippen LogP contribution in [0.15, 0.2) is 5.10 Å². The van der Waals surface area contributed by atoms with Crippen LogP contribution in [-0.4, -0.2) is 31.9 Å². The molecule has 8 heavy (non-hydrogen) atoms. The summed E-state index contributed by atoms with van der Waals surface area (Å²) < 4.78 is 0. The number of hydrazone groups is 1. The Morgan fingerprint density at radius 3 is 2.75 bits per heavy atom. The van der Waals surface area contributed by atoms with Crippen LogP contribution >= 0.6 is 0 Å². The van der Waals surface area contributed by atoms with Crippen molar-refractivity contribution >= 4 is 6.34 Å². The number of hydrogen-bond acceptors (Lipinski definition) is 2. The molecule has 0 aliphatic rings. The highest BCUT2D eigenvalue weighted by molar-refractivity contribution is 5.53. The molecule has 48 valence electrons. The van der Waals surface area contributed by atoms with Crippen molar-refractivity contribution in [3.63, 3.8) is 0 Å². The summed E-state index contributed by atoms with van der Waals surface area (Å²) in [7, 11) is 3.75. The summed E-state index contributed by atoms with van der Waals surface area (Å²) in [6.07, 6.45) is 1.75. The third kappa shape index (κ3) is 3.46. The fourth-order valence-corrected chi connectivity index (χ4v) is 0.238. The van der Waals surface area contributed by atoms with Crippen LogP contribution in [0.2, 0.25) is 0 Å². The Labute approximate surface area is 50.4 Å². The molecule has 0 unspecified atom stereocenters. The average molecular weight is 115 g/mol. The van der Waals surface area contributed by atoms with Gasteiger partial charge in [-0.25, -0.2) is 0 Å². The van der Waals surface area contributed by atoms with Gasteiger partial charge in [0.2, 0.25) is 0 Å². The van der Waals surface area contributed by atoms with E-state index in [-0.39, 0.29) is 0 Å². The fraction of sp³-hybridized carbons (Fsp3) is 0.800. The molecule has 0 spiro atoms. The Morgan fingerprint density at radius 2 is 2.38 bits per heavy atom. The Kier molecular flexibility index (Phi) is 4.03. The summed E-state index contributed by atoms with van der Waals surface area (Å²) in [4.78, 5) is 1.98. The second kappa shape index (κ2) is 4.43. The number of hydrogen-bond donors (Lipinski definition) is 1. The minimum absolute atomic E-state index is 0.991. The predicted octanol–water partition coefficient (Wildman–Crippen LogP) is 0.101. The molecule has 0 bridgehead atoms. The summed E-state index contributed by atoms with van der Waals surface area (Å²) in [5, 5.41) is 3.79. The Morgan fingerprint density at radius 1 is 1.75 bits per heavy atom. The maximum Gasteiger partial charge on any atom is 0.110 e. The normalized spacial score (nSPS) is 9.88. The van der Waals surface area contributed by atoms with Gasteiger partial charge in [-0.3, -0.25) is 0 Å². The second-order valence-electron chi connectivity index (χ2n) is 1.54. The van der Waals surface area contributed by atoms with Gasteiger partial charge in [-0.2, -0.15) is 5.10 Å². The summed E-state index contributed by atoms with van der Waals surface area (Å²) in [6.45, 7) is 3.06. The largest absolute Gasteiger partial charge is 0.365 e. The zero-order valence-corrected chi connectivity index (χ0v) is 5.68. The zero-order valence-electron chi connectivity index (χ0n) is 5.68. The van der Waals surface area contributed by atoms with E-state index in [2.05, 4.69) is 17.5 Å². The van der Waals surface area contributed by atoms with Crippen LogP contribution in [0, 0.1) is 0 Å². The quantitative estimate of drug-likeness (QED) is 0.321. The molecule has 3 nitrogen and oxygen atoms in total. The maximum atomic E-state index is 3.79. The third-order valence-corrected chi connectivity index (χ3v) is 0.883. The fourth-order valence-electron chi connectivity index (χ4n) is 0.238. The van der Waals surface area contributed by atoms with E-state index < -0.39 is 0 Å². The minimum Gasteiger partial charge on any atom is -0.365 e. The molecule has 0 atom stereocenters. The first-order chi connectivity index (χ1) is 3.81. The Bertz CT molecular complexity index is 70.1. The monoisotopic (exact) mass is 115 g/mol. The van der Waals surface area contributed by atoms with E-state index in [0.717, 1.165) is 6.54 Å². The lowest BCUT2D eigenvalue weighted by Crippen LogP contribution is -2.16. The van der Waals surface area contributed by atoms with Crippen LogP contribution in [0.1, 0.15) is 6.92 Å². The van der Waals surface area contributed by atoms with Crippen molar-refractivity contribution in [1.29, 1.82) is 0 Å². The molecule has 0 aromatic heterocycles. The molecule has 0 radical (unpaired) electrons. The van der Waals surface area contributed by atoms with Crippen LogP contribution in [-0.2, 0) is 0 Å². The first-order valence-corrected chi connectivity index (χ1v) is 2.71. The molecule has 0 aromatic rings. The van der Waals surface area contributed by atoms with Gasteiger partial charge in [-0.1, -0.05) is 0 Å². The van der Waals surface area contributed by atoms with E-state index in [1.807, 2.05) is 11.9 Å². The van der Waals surface area contributed by atoms with Gasteiger partial charge in [-0.05, 0) is 6.92 Å². The standard InChI is InChI=1S/C5H13N3/c1-4-8(3)5-7-6-2/h5-6H,4H2,1-3H3/b7-5-. The Hall–Kier alpha value is -0.730. The van der Waals surface area contributed by atoms with Gasteiger partial charge in [0.15, 0.2) is 0 Å². The van der Waals surface area contributed by atoms with E-state index in [9.17, 15) is 0 Å². The van der Waals surface area contributed by atoms with Crippen LogP contribution in [0.3, 0.4) is 0 Å². The van der Waals surface area contributed by atoms with Crippen molar-refractivity contribution in [2.24, 2.45) is 5.10 Å². The van der Waals surface area contributed by atoms with Gasteiger partial charge in [0.1, 0.15) is 6.34 Å².